The summed E-state index contributed by atoms with van der Waals surface area (Å²) in [7, 11) is 4.47. The van der Waals surface area contributed by atoms with Crippen LogP contribution in [0.1, 0.15) is 39.5 Å². The van der Waals surface area contributed by atoms with Crippen molar-refractivity contribution in [3.63, 3.8) is 0 Å². The van der Waals surface area contributed by atoms with Gasteiger partial charge in [-0.2, -0.15) is 0 Å². The van der Waals surface area contributed by atoms with Crippen molar-refractivity contribution in [2.45, 2.75) is 45.6 Å². The second-order valence-electron chi connectivity index (χ2n) is 7.76. The number of rotatable bonds is 8. The molecule has 2 aliphatic rings. The molecular weight excluding hydrogens is 270 g/mol. The maximum Gasteiger partial charge on any atom is 0.0350 e. The summed E-state index contributed by atoms with van der Waals surface area (Å²) in [5.41, 5.74) is 0. The lowest BCUT2D eigenvalue weighted by Crippen LogP contribution is -2.58. The van der Waals surface area contributed by atoms with E-state index in [1.807, 2.05) is 0 Å². The summed E-state index contributed by atoms with van der Waals surface area (Å²) in [6.45, 7) is 12.3. The Labute approximate surface area is 138 Å². The SMILES string of the molecule is CCCN(CC(C)/C=C/CC1CCN(C)CC1)C1CN(C)C1. The van der Waals surface area contributed by atoms with Gasteiger partial charge < -0.3 is 9.80 Å². The van der Waals surface area contributed by atoms with Crippen LogP contribution in [0, 0.1) is 11.8 Å². The normalized spacial score (nSPS) is 24.2. The third-order valence-electron chi connectivity index (χ3n) is 5.37. The molecule has 1 atom stereocenters. The van der Waals surface area contributed by atoms with Gasteiger partial charge in [-0.15, -0.1) is 0 Å². The first-order valence-corrected chi connectivity index (χ1v) is 9.36. The predicted molar refractivity (Wildman–Crippen MR) is 96.3 cm³/mol. The summed E-state index contributed by atoms with van der Waals surface area (Å²) in [4.78, 5) is 7.60. The molecule has 22 heavy (non-hydrogen) atoms. The summed E-state index contributed by atoms with van der Waals surface area (Å²) in [6, 6.07) is 0.801. The summed E-state index contributed by atoms with van der Waals surface area (Å²) < 4.78 is 0. The summed E-state index contributed by atoms with van der Waals surface area (Å²) >= 11 is 0. The van der Waals surface area contributed by atoms with Crippen LogP contribution in [-0.2, 0) is 0 Å². The third kappa shape index (κ3) is 5.68. The highest BCUT2D eigenvalue weighted by Crippen LogP contribution is 2.21. The number of likely N-dealkylation sites (N-methyl/N-ethyl adjacent to an activating group) is 1. The lowest BCUT2D eigenvalue weighted by Gasteiger charge is -2.44. The van der Waals surface area contributed by atoms with Crippen LogP contribution in [0.3, 0.4) is 0 Å². The van der Waals surface area contributed by atoms with E-state index in [4.69, 9.17) is 0 Å². The fraction of sp³-hybridized carbons (Fsp3) is 0.895. The second-order valence-corrected chi connectivity index (χ2v) is 7.76. The fourth-order valence-electron chi connectivity index (χ4n) is 3.84. The van der Waals surface area contributed by atoms with E-state index in [2.05, 4.69) is 54.8 Å². The smallest absolute Gasteiger partial charge is 0.0350 e. The van der Waals surface area contributed by atoms with Gasteiger partial charge in [0.2, 0.25) is 0 Å². The van der Waals surface area contributed by atoms with Crippen LogP contribution in [-0.4, -0.2) is 74.1 Å². The van der Waals surface area contributed by atoms with E-state index in [1.165, 1.54) is 65.0 Å². The Morgan fingerprint density at radius 1 is 1.14 bits per heavy atom. The first kappa shape index (κ1) is 18.0. The minimum absolute atomic E-state index is 0.684. The van der Waals surface area contributed by atoms with E-state index in [0.717, 1.165) is 12.0 Å². The van der Waals surface area contributed by atoms with Crippen molar-refractivity contribution >= 4 is 0 Å². The van der Waals surface area contributed by atoms with E-state index in [-0.39, 0.29) is 0 Å². The van der Waals surface area contributed by atoms with Gasteiger partial charge in [-0.25, -0.2) is 0 Å². The monoisotopic (exact) mass is 307 g/mol. The van der Waals surface area contributed by atoms with Crippen molar-refractivity contribution in [3.8, 4) is 0 Å². The average molecular weight is 308 g/mol. The molecule has 1 unspecified atom stereocenters. The van der Waals surface area contributed by atoms with Gasteiger partial charge >= 0.3 is 0 Å². The van der Waals surface area contributed by atoms with E-state index >= 15 is 0 Å². The molecule has 0 aliphatic carbocycles. The average Bonchev–Trinajstić information content (AvgIpc) is 2.46. The van der Waals surface area contributed by atoms with Crippen LogP contribution in [0.25, 0.3) is 0 Å². The Morgan fingerprint density at radius 3 is 2.41 bits per heavy atom. The van der Waals surface area contributed by atoms with Gasteiger partial charge in [0, 0.05) is 25.7 Å². The zero-order chi connectivity index (χ0) is 15.9. The van der Waals surface area contributed by atoms with Gasteiger partial charge in [0.25, 0.3) is 0 Å². The summed E-state index contributed by atoms with van der Waals surface area (Å²) in [5, 5.41) is 0. The van der Waals surface area contributed by atoms with Crippen molar-refractivity contribution in [1.29, 1.82) is 0 Å². The molecule has 0 aromatic heterocycles. The molecular formula is C19H37N3. The number of piperidine rings is 1. The maximum atomic E-state index is 2.71. The highest BCUT2D eigenvalue weighted by atomic mass is 15.3. The van der Waals surface area contributed by atoms with E-state index in [1.54, 1.807) is 0 Å². The number of nitrogens with zero attached hydrogens (tertiary/aromatic N) is 3. The van der Waals surface area contributed by atoms with E-state index in [0.29, 0.717) is 5.92 Å². The largest absolute Gasteiger partial charge is 0.306 e. The number of hydrogen-bond donors (Lipinski definition) is 0. The highest BCUT2D eigenvalue weighted by molar-refractivity contribution is 4.93. The lowest BCUT2D eigenvalue weighted by atomic mass is 9.93. The predicted octanol–water partition coefficient (Wildman–Crippen LogP) is 2.94. The molecule has 0 amide bonds. The van der Waals surface area contributed by atoms with Crippen molar-refractivity contribution in [1.82, 2.24) is 14.7 Å². The summed E-state index contributed by atoms with van der Waals surface area (Å²) in [5.74, 6) is 1.61. The van der Waals surface area contributed by atoms with Crippen molar-refractivity contribution in [3.05, 3.63) is 12.2 Å². The highest BCUT2D eigenvalue weighted by Gasteiger charge is 2.29. The van der Waals surface area contributed by atoms with Gasteiger partial charge in [0.1, 0.15) is 0 Å². The first-order chi connectivity index (χ1) is 10.6. The molecule has 2 fully saturated rings. The van der Waals surface area contributed by atoms with Crippen LogP contribution < -0.4 is 0 Å². The van der Waals surface area contributed by atoms with Crippen molar-refractivity contribution in [2.75, 3.05) is 53.4 Å². The Morgan fingerprint density at radius 2 is 1.82 bits per heavy atom. The molecule has 0 radical (unpaired) electrons. The minimum Gasteiger partial charge on any atom is -0.306 e. The fourth-order valence-corrected chi connectivity index (χ4v) is 3.84. The molecule has 0 aromatic carbocycles. The van der Waals surface area contributed by atoms with Crippen molar-refractivity contribution < 1.29 is 0 Å². The second kappa shape index (κ2) is 9.05. The maximum absolute atomic E-state index is 2.71. The Balaban J connectivity index is 1.68. The molecule has 2 aliphatic heterocycles. The van der Waals surface area contributed by atoms with Gasteiger partial charge in [-0.3, -0.25) is 4.90 Å². The zero-order valence-electron chi connectivity index (χ0n) is 15.3. The molecule has 0 spiro atoms. The van der Waals surface area contributed by atoms with Gasteiger partial charge in [0.15, 0.2) is 0 Å². The van der Waals surface area contributed by atoms with Gasteiger partial charge in [0.05, 0.1) is 0 Å². The zero-order valence-corrected chi connectivity index (χ0v) is 15.3. The molecule has 2 heterocycles. The quantitative estimate of drug-likeness (QED) is 0.638. The van der Waals surface area contributed by atoms with E-state index in [9.17, 15) is 0 Å². The van der Waals surface area contributed by atoms with Crippen LogP contribution in [0.5, 0.6) is 0 Å². The van der Waals surface area contributed by atoms with Crippen LogP contribution >= 0.6 is 0 Å². The molecule has 2 saturated heterocycles. The molecule has 3 nitrogen and oxygen atoms in total. The Hall–Kier alpha value is -0.380. The molecule has 0 bridgehead atoms. The topological polar surface area (TPSA) is 9.72 Å². The van der Waals surface area contributed by atoms with Crippen LogP contribution in [0.4, 0.5) is 0 Å². The van der Waals surface area contributed by atoms with E-state index < -0.39 is 0 Å². The first-order valence-electron chi connectivity index (χ1n) is 9.36. The number of allylic oxidation sites excluding steroid dienone is 1. The van der Waals surface area contributed by atoms with Crippen LogP contribution in [0.15, 0.2) is 12.2 Å². The van der Waals surface area contributed by atoms with Crippen LogP contribution in [0.2, 0.25) is 0 Å². The molecule has 0 aromatic rings. The molecule has 2 rings (SSSR count). The molecule has 0 saturated carbocycles. The third-order valence-corrected chi connectivity index (χ3v) is 5.37. The lowest BCUT2D eigenvalue weighted by molar-refractivity contribution is 0.0469. The van der Waals surface area contributed by atoms with Gasteiger partial charge in [-0.05, 0) is 71.2 Å². The Bertz CT molecular complexity index is 328. The van der Waals surface area contributed by atoms with Gasteiger partial charge in [-0.1, -0.05) is 26.0 Å². The summed E-state index contributed by atoms with van der Waals surface area (Å²) in [6.07, 6.45) is 10.3. The molecule has 0 N–H and O–H groups in total. The molecule has 3 heteroatoms. The Kier molecular flexibility index (Phi) is 7.39. The molecule has 128 valence electrons. The number of likely N-dealkylation sites (tertiary alicyclic amines) is 2. The minimum atomic E-state index is 0.684. The standard InChI is InChI=1S/C19H37N3/c1-5-11-22(19-15-21(4)16-19)14-17(2)7-6-8-18-9-12-20(3)13-10-18/h6-7,17-19H,5,8-16H2,1-4H3/b7-6+. The number of hydrogen-bond acceptors (Lipinski definition) is 3. The van der Waals surface area contributed by atoms with Crippen molar-refractivity contribution in [2.24, 2.45) is 11.8 Å².